The van der Waals surface area contributed by atoms with Crippen LogP contribution in [0.1, 0.15) is 15.9 Å². The first-order valence-corrected chi connectivity index (χ1v) is 7.87. The second-order valence-electron chi connectivity index (χ2n) is 4.75. The van der Waals surface area contributed by atoms with Gasteiger partial charge in [0.25, 0.3) is 15.7 Å². The zero-order chi connectivity index (χ0) is 17.2. The molecule has 2 rings (SSSR count). The van der Waals surface area contributed by atoms with Crippen LogP contribution >= 0.6 is 0 Å². The summed E-state index contributed by atoms with van der Waals surface area (Å²) in [7, 11) is -3.89. The number of nitrogens with one attached hydrogen (secondary N) is 1. The van der Waals surface area contributed by atoms with Crippen molar-refractivity contribution in [1.29, 1.82) is 0 Å². The van der Waals surface area contributed by atoms with Crippen LogP contribution in [0, 0.1) is 17.0 Å². The Morgan fingerprint density at radius 3 is 2.26 bits per heavy atom. The van der Waals surface area contributed by atoms with Crippen molar-refractivity contribution < 1.29 is 18.1 Å². The van der Waals surface area contributed by atoms with E-state index in [0.29, 0.717) is 11.1 Å². The lowest BCUT2D eigenvalue weighted by atomic mass is 10.1. The molecule has 0 atom stereocenters. The third kappa shape index (κ3) is 3.64. The Morgan fingerprint density at radius 1 is 1.17 bits per heavy atom. The quantitative estimate of drug-likeness (QED) is 0.635. The van der Waals surface area contributed by atoms with Gasteiger partial charge in [0.1, 0.15) is 0 Å². The number of primary amides is 1. The van der Waals surface area contributed by atoms with Gasteiger partial charge < -0.3 is 5.73 Å². The van der Waals surface area contributed by atoms with Gasteiger partial charge in [-0.25, -0.2) is 8.42 Å². The Balaban J connectivity index is 2.29. The van der Waals surface area contributed by atoms with Crippen LogP contribution in [0.15, 0.2) is 47.4 Å². The number of amides is 1. The highest BCUT2D eigenvalue weighted by atomic mass is 32.2. The number of aryl methyl sites for hydroxylation is 1. The van der Waals surface area contributed by atoms with Gasteiger partial charge in [-0.05, 0) is 42.8 Å². The lowest BCUT2D eigenvalue weighted by molar-refractivity contribution is -0.384. The molecule has 0 aliphatic heterocycles. The van der Waals surface area contributed by atoms with Crippen molar-refractivity contribution in [2.24, 2.45) is 5.73 Å². The molecule has 0 heterocycles. The van der Waals surface area contributed by atoms with E-state index in [2.05, 4.69) is 4.72 Å². The Hall–Kier alpha value is -2.94. The zero-order valence-corrected chi connectivity index (χ0v) is 12.8. The summed E-state index contributed by atoms with van der Waals surface area (Å²) in [6, 6.07) is 8.81. The van der Waals surface area contributed by atoms with Crippen LogP contribution in [0.2, 0.25) is 0 Å². The smallest absolute Gasteiger partial charge is 0.269 e. The van der Waals surface area contributed by atoms with E-state index in [4.69, 9.17) is 5.73 Å². The molecule has 0 fully saturated rings. The van der Waals surface area contributed by atoms with Crippen molar-refractivity contribution in [1.82, 2.24) is 0 Å². The number of anilines is 1. The maximum Gasteiger partial charge on any atom is 0.269 e. The summed E-state index contributed by atoms with van der Waals surface area (Å²) in [4.78, 5) is 21.0. The SMILES string of the molecule is Cc1cc(NS(=O)(=O)c2ccc([N+](=O)[O-])cc2)ccc1C(N)=O. The molecule has 0 unspecified atom stereocenters. The minimum Gasteiger partial charge on any atom is -0.366 e. The van der Waals surface area contributed by atoms with E-state index in [0.717, 1.165) is 24.3 Å². The number of nitro benzene ring substituents is 1. The summed E-state index contributed by atoms with van der Waals surface area (Å²) in [5.74, 6) is -0.604. The molecule has 0 spiro atoms. The number of nitrogens with two attached hydrogens (primary N) is 1. The van der Waals surface area contributed by atoms with Crippen LogP contribution < -0.4 is 10.5 Å². The third-order valence-corrected chi connectivity index (χ3v) is 4.50. The molecular formula is C14H13N3O5S. The molecule has 0 radical (unpaired) electrons. The molecule has 9 heteroatoms. The predicted molar refractivity (Wildman–Crippen MR) is 83.6 cm³/mol. The molecule has 0 aromatic heterocycles. The predicted octanol–water partition coefficient (Wildman–Crippen LogP) is 1.80. The van der Waals surface area contributed by atoms with E-state index in [1.54, 1.807) is 6.92 Å². The van der Waals surface area contributed by atoms with Crippen molar-refractivity contribution >= 4 is 27.3 Å². The maximum absolute atomic E-state index is 12.2. The summed E-state index contributed by atoms with van der Waals surface area (Å²) in [6.07, 6.45) is 0. The fraction of sp³-hybridized carbons (Fsp3) is 0.0714. The zero-order valence-electron chi connectivity index (χ0n) is 12.0. The molecular weight excluding hydrogens is 322 g/mol. The van der Waals surface area contributed by atoms with Crippen molar-refractivity contribution in [3.63, 3.8) is 0 Å². The van der Waals surface area contributed by atoms with Crippen LogP contribution in [-0.2, 0) is 10.0 Å². The molecule has 23 heavy (non-hydrogen) atoms. The van der Waals surface area contributed by atoms with Crippen molar-refractivity contribution in [2.45, 2.75) is 11.8 Å². The van der Waals surface area contributed by atoms with Crippen LogP contribution in [-0.4, -0.2) is 19.2 Å². The standard InChI is InChI=1S/C14H13N3O5S/c1-9-8-10(2-7-13(9)14(15)18)16-23(21,22)12-5-3-11(4-6-12)17(19)20/h2-8,16H,1H3,(H2,15,18). The van der Waals surface area contributed by atoms with E-state index in [9.17, 15) is 23.3 Å². The van der Waals surface area contributed by atoms with Gasteiger partial charge in [0, 0.05) is 23.4 Å². The number of carbonyl (C=O) groups is 1. The minimum atomic E-state index is -3.89. The van der Waals surface area contributed by atoms with Gasteiger partial charge in [0.2, 0.25) is 5.91 Å². The van der Waals surface area contributed by atoms with E-state index in [1.807, 2.05) is 0 Å². The van der Waals surface area contributed by atoms with E-state index in [-0.39, 0.29) is 16.3 Å². The highest BCUT2D eigenvalue weighted by Gasteiger charge is 2.16. The van der Waals surface area contributed by atoms with Gasteiger partial charge in [-0.2, -0.15) is 0 Å². The first kappa shape index (κ1) is 16.4. The molecule has 0 bridgehead atoms. The van der Waals surface area contributed by atoms with Crippen LogP contribution in [0.3, 0.4) is 0 Å². The summed E-state index contributed by atoms with van der Waals surface area (Å²) in [6.45, 7) is 1.63. The number of nitro groups is 1. The average molecular weight is 335 g/mol. The number of non-ortho nitro benzene ring substituents is 1. The van der Waals surface area contributed by atoms with Gasteiger partial charge in [-0.1, -0.05) is 0 Å². The summed E-state index contributed by atoms with van der Waals surface area (Å²) in [5, 5.41) is 10.6. The topological polar surface area (TPSA) is 132 Å². The normalized spacial score (nSPS) is 11.0. The molecule has 2 aromatic carbocycles. The van der Waals surface area contributed by atoms with Gasteiger partial charge >= 0.3 is 0 Å². The Morgan fingerprint density at radius 2 is 1.78 bits per heavy atom. The molecule has 0 saturated heterocycles. The molecule has 0 saturated carbocycles. The molecule has 2 aromatic rings. The largest absolute Gasteiger partial charge is 0.366 e. The fourth-order valence-electron chi connectivity index (χ4n) is 1.96. The first-order chi connectivity index (χ1) is 10.7. The van der Waals surface area contributed by atoms with Crippen LogP contribution in [0.25, 0.3) is 0 Å². The first-order valence-electron chi connectivity index (χ1n) is 6.38. The molecule has 0 aliphatic rings. The molecule has 0 aliphatic carbocycles. The third-order valence-electron chi connectivity index (χ3n) is 3.10. The highest BCUT2D eigenvalue weighted by Crippen LogP contribution is 2.21. The molecule has 120 valence electrons. The second kappa shape index (κ2) is 6.05. The van der Waals surface area contributed by atoms with E-state index in [1.165, 1.54) is 18.2 Å². The average Bonchev–Trinajstić information content (AvgIpc) is 2.46. The Labute approximate surface area is 132 Å². The Bertz CT molecular complexity index is 876. The van der Waals surface area contributed by atoms with Gasteiger partial charge in [0.15, 0.2) is 0 Å². The lowest BCUT2D eigenvalue weighted by Crippen LogP contribution is -2.15. The van der Waals surface area contributed by atoms with Crippen molar-refractivity contribution in [3.05, 3.63) is 63.7 Å². The van der Waals surface area contributed by atoms with Gasteiger partial charge in [-0.15, -0.1) is 0 Å². The van der Waals surface area contributed by atoms with Gasteiger partial charge in [0.05, 0.1) is 9.82 Å². The molecule has 1 amide bonds. The summed E-state index contributed by atoms with van der Waals surface area (Å²) in [5.41, 5.74) is 6.06. The number of benzene rings is 2. The highest BCUT2D eigenvalue weighted by molar-refractivity contribution is 7.92. The van der Waals surface area contributed by atoms with Crippen LogP contribution in [0.5, 0.6) is 0 Å². The number of nitrogens with zero attached hydrogens (tertiary/aromatic N) is 1. The Kier molecular flexibility index (Phi) is 4.32. The molecule has 3 N–H and O–H groups in total. The minimum absolute atomic E-state index is 0.111. The monoisotopic (exact) mass is 335 g/mol. The number of carbonyl (C=O) groups excluding carboxylic acids is 1. The summed E-state index contributed by atoms with van der Waals surface area (Å²) >= 11 is 0. The van der Waals surface area contributed by atoms with E-state index >= 15 is 0 Å². The number of rotatable bonds is 5. The fourth-order valence-corrected chi connectivity index (χ4v) is 3.01. The van der Waals surface area contributed by atoms with Crippen LogP contribution in [0.4, 0.5) is 11.4 Å². The summed E-state index contributed by atoms with van der Waals surface area (Å²) < 4.78 is 26.8. The number of hydrogen-bond acceptors (Lipinski definition) is 5. The second-order valence-corrected chi connectivity index (χ2v) is 6.43. The van der Waals surface area contributed by atoms with Gasteiger partial charge in [-0.3, -0.25) is 19.6 Å². The number of sulfonamides is 1. The molecule has 8 nitrogen and oxygen atoms in total. The lowest BCUT2D eigenvalue weighted by Gasteiger charge is -2.10. The van der Waals surface area contributed by atoms with Crippen molar-refractivity contribution in [3.8, 4) is 0 Å². The van der Waals surface area contributed by atoms with Crippen molar-refractivity contribution in [2.75, 3.05) is 4.72 Å². The number of hydrogen-bond donors (Lipinski definition) is 2. The van der Waals surface area contributed by atoms with E-state index < -0.39 is 20.9 Å². The maximum atomic E-state index is 12.2.